The van der Waals surface area contributed by atoms with Crippen LogP contribution in [-0.2, 0) is 17.9 Å². The number of pyridine rings is 1. The van der Waals surface area contributed by atoms with Crippen molar-refractivity contribution in [3.05, 3.63) is 59.8 Å². The van der Waals surface area contributed by atoms with Crippen molar-refractivity contribution in [2.45, 2.75) is 52.2 Å². The van der Waals surface area contributed by atoms with Crippen LogP contribution in [0.25, 0.3) is 0 Å². The molecule has 1 saturated carbocycles. The molecule has 3 rings (SSSR count). The quantitative estimate of drug-likeness (QED) is 0.179. The third-order valence-electron chi connectivity index (χ3n) is 6.01. The van der Waals surface area contributed by atoms with E-state index in [0.717, 1.165) is 43.3 Å². The molecule has 1 fully saturated rings. The standard InChI is InChI=1S/C25H36N4O2.HI/c1-3-30-17-15-25(13-7-8-14-25)20-29-24(26-2)28-18-22-12-9-16-27-23(22)31-19-21-10-5-4-6-11-21;/h4-6,9-12,16H,3,7-8,13-15,17-20H2,1-2H3,(H2,26,28,29);1H. The molecule has 0 spiro atoms. The van der Waals surface area contributed by atoms with Crippen molar-refractivity contribution in [1.29, 1.82) is 0 Å². The summed E-state index contributed by atoms with van der Waals surface area (Å²) < 4.78 is 11.6. The minimum Gasteiger partial charge on any atom is -0.473 e. The molecule has 1 aliphatic rings. The molecule has 1 aromatic heterocycles. The summed E-state index contributed by atoms with van der Waals surface area (Å²) in [5.41, 5.74) is 2.44. The Labute approximate surface area is 209 Å². The fourth-order valence-electron chi connectivity index (χ4n) is 4.16. The number of halogens is 1. The van der Waals surface area contributed by atoms with Gasteiger partial charge in [0.05, 0.1) is 0 Å². The van der Waals surface area contributed by atoms with E-state index in [-0.39, 0.29) is 24.0 Å². The predicted octanol–water partition coefficient (Wildman–Crippen LogP) is 4.93. The molecule has 0 aliphatic heterocycles. The first-order valence-corrected chi connectivity index (χ1v) is 11.4. The highest BCUT2D eigenvalue weighted by molar-refractivity contribution is 14.0. The second-order valence-corrected chi connectivity index (χ2v) is 8.18. The first kappa shape index (κ1) is 26.4. The second kappa shape index (κ2) is 14.3. The van der Waals surface area contributed by atoms with E-state index < -0.39 is 0 Å². The van der Waals surface area contributed by atoms with Crippen LogP contribution in [0.5, 0.6) is 5.88 Å². The molecule has 7 heteroatoms. The van der Waals surface area contributed by atoms with E-state index >= 15 is 0 Å². The molecule has 0 bridgehead atoms. The molecule has 0 unspecified atom stereocenters. The molecule has 176 valence electrons. The lowest BCUT2D eigenvalue weighted by molar-refractivity contribution is 0.105. The molecule has 32 heavy (non-hydrogen) atoms. The lowest BCUT2D eigenvalue weighted by atomic mass is 9.83. The number of aliphatic imine (C=N–C) groups is 1. The number of guanidine groups is 1. The Hall–Kier alpha value is -1.87. The van der Waals surface area contributed by atoms with Crippen LogP contribution in [0.1, 0.15) is 50.2 Å². The molecule has 0 radical (unpaired) electrons. The third-order valence-corrected chi connectivity index (χ3v) is 6.01. The highest BCUT2D eigenvalue weighted by Crippen LogP contribution is 2.40. The maximum atomic E-state index is 5.98. The topological polar surface area (TPSA) is 67.8 Å². The van der Waals surface area contributed by atoms with E-state index in [9.17, 15) is 0 Å². The zero-order valence-corrected chi connectivity index (χ0v) is 21.6. The summed E-state index contributed by atoms with van der Waals surface area (Å²) >= 11 is 0. The van der Waals surface area contributed by atoms with Crippen LogP contribution in [0, 0.1) is 5.41 Å². The molecular formula is C25H37IN4O2. The summed E-state index contributed by atoms with van der Waals surface area (Å²) in [6, 6.07) is 14.1. The molecular weight excluding hydrogens is 515 g/mol. The number of aromatic nitrogens is 1. The summed E-state index contributed by atoms with van der Waals surface area (Å²) in [4.78, 5) is 8.84. The number of ether oxygens (including phenoxy) is 2. The van der Waals surface area contributed by atoms with Crippen molar-refractivity contribution in [3.8, 4) is 5.88 Å². The predicted molar refractivity (Wildman–Crippen MR) is 141 cm³/mol. The summed E-state index contributed by atoms with van der Waals surface area (Å²) in [5.74, 6) is 1.46. The summed E-state index contributed by atoms with van der Waals surface area (Å²) in [6.45, 7) is 5.70. The molecule has 1 heterocycles. The van der Waals surface area contributed by atoms with Gasteiger partial charge in [-0.2, -0.15) is 0 Å². The molecule has 2 aromatic rings. The van der Waals surface area contributed by atoms with Crippen molar-refractivity contribution >= 4 is 29.9 Å². The van der Waals surface area contributed by atoms with E-state index in [2.05, 4.69) is 39.7 Å². The number of nitrogens with zero attached hydrogens (tertiary/aromatic N) is 2. The van der Waals surface area contributed by atoms with E-state index in [0.29, 0.717) is 24.4 Å². The Morgan fingerprint density at radius 2 is 1.88 bits per heavy atom. The first-order chi connectivity index (χ1) is 15.2. The fourth-order valence-corrected chi connectivity index (χ4v) is 4.16. The van der Waals surface area contributed by atoms with Gasteiger partial charge in [0, 0.05) is 45.1 Å². The average molecular weight is 553 g/mol. The fraction of sp³-hybridized carbons (Fsp3) is 0.520. The van der Waals surface area contributed by atoms with E-state index in [4.69, 9.17) is 9.47 Å². The van der Waals surface area contributed by atoms with Crippen LogP contribution < -0.4 is 15.4 Å². The van der Waals surface area contributed by atoms with Gasteiger partial charge in [-0.25, -0.2) is 4.98 Å². The van der Waals surface area contributed by atoms with Gasteiger partial charge in [-0.1, -0.05) is 49.2 Å². The third kappa shape index (κ3) is 8.24. The van der Waals surface area contributed by atoms with Crippen molar-refractivity contribution in [3.63, 3.8) is 0 Å². The highest BCUT2D eigenvalue weighted by Gasteiger charge is 2.33. The lowest BCUT2D eigenvalue weighted by Crippen LogP contribution is -2.43. The summed E-state index contributed by atoms with van der Waals surface area (Å²) in [7, 11) is 1.81. The van der Waals surface area contributed by atoms with E-state index in [1.54, 1.807) is 6.20 Å². The summed E-state index contributed by atoms with van der Waals surface area (Å²) in [6.07, 6.45) is 7.98. The second-order valence-electron chi connectivity index (χ2n) is 8.18. The van der Waals surface area contributed by atoms with Gasteiger partial charge in [0.25, 0.3) is 0 Å². The SMILES string of the molecule is CCOCCC1(CNC(=NC)NCc2cccnc2OCc2ccccc2)CCCC1.I. The maximum absolute atomic E-state index is 5.98. The van der Waals surface area contributed by atoms with Crippen LogP contribution in [0.15, 0.2) is 53.7 Å². The minimum absolute atomic E-state index is 0. The number of rotatable bonds is 11. The molecule has 6 nitrogen and oxygen atoms in total. The van der Waals surface area contributed by atoms with Crippen LogP contribution in [0.4, 0.5) is 0 Å². The van der Waals surface area contributed by atoms with Gasteiger partial charge in [-0.15, -0.1) is 24.0 Å². The average Bonchev–Trinajstić information content (AvgIpc) is 3.28. The van der Waals surface area contributed by atoms with Gasteiger partial charge >= 0.3 is 0 Å². The highest BCUT2D eigenvalue weighted by atomic mass is 127. The summed E-state index contributed by atoms with van der Waals surface area (Å²) in [5, 5.41) is 6.97. The van der Waals surface area contributed by atoms with Gasteiger partial charge < -0.3 is 20.1 Å². The lowest BCUT2D eigenvalue weighted by Gasteiger charge is -2.30. The Bertz CT molecular complexity index is 811. The Morgan fingerprint density at radius 1 is 1.09 bits per heavy atom. The molecule has 1 aromatic carbocycles. The van der Waals surface area contributed by atoms with Gasteiger partial charge in [-0.05, 0) is 43.2 Å². The van der Waals surface area contributed by atoms with Crippen LogP contribution >= 0.6 is 24.0 Å². The van der Waals surface area contributed by atoms with Gasteiger partial charge in [0.1, 0.15) is 6.61 Å². The van der Waals surface area contributed by atoms with Crippen molar-refractivity contribution in [2.24, 2.45) is 10.4 Å². The number of hydrogen-bond acceptors (Lipinski definition) is 4. The van der Waals surface area contributed by atoms with Gasteiger partial charge in [0.15, 0.2) is 5.96 Å². The van der Waals surface area contributed by atoms with Gasteiger partial charge in [-0.3, -0.25) is 4.99 Å². The zero-order valence-electron chi connectivity index (χ0n) is 19.3. The van der Waals surface area contributed by atoms with Crippen molar-refractivity contribution in [2.75, 3.05) is 26.8 Å². The van der Waals surface area contributed by atoms with Gasteiger partial charge in [0.2, 0.25) is 5.88 Å². The number of hydrogen-bond donors (Lipinski definition) is 2. The molecule has 0 amide bonds. The van der Waals surface area contributed by atoms with Crippen molar-refractivity contribution < 1.29 is 9.47 Å². The number of benzene rings is 1. The van der Waals surface area contributed by atoms with Crippen LogP contribution in [-0.4, -0.2) is 37.7 Å². The molecule has 0 saturated heterocycles. The van der Waals surface area contributed by atoms with Crippen LogP contribution in [0.3, 0.4) is 0 Å². The molecule has 0 atom stereocenters. The maximum Gasteiger partial charge on any atom is 0.218 e. The van der Waals surface area contributed by atoms with Crippen LogP contribution in [0.2, 0.25) is 0 Å². The monoisotopic (exact) mass is 552 g/mol. The zero-order chi connectivity index (χ0) is 21.8. The van der Waals surface area contributed by atoms with Crippen molar-refractivity contribution in [1.82, 2.24) is 15.6 Å². The smallest absolute Gasteiger partial charge is 0.218 e. The largest absolute Gasteiger partial charge is 0.473 e. The van der Waals surface area contributed by atoms with E-state index in [1.807, 2.05) is 37.4 Å². The molecule has 1 aliphatic carbocycles. The Kier molecular flexibility index (Phi) is 11.8. The molecule has 2 N–H and O–H groups in total. The normalized spacial score (nSPS) is 15.1. The Balaban J connectivity index is 0.00000363. The first-order valence-electron chi connectivity index (χ1n) is 11.4. The minimum atomic E-state index is 0. The number of nitrogens with one attached hydrogen (secondary N) is 2. The van der Waals surface area contributed by atoms with E-state index in [1.165, 1.54) is 25.7 Å². The Morgan fingerprint density at radius 3 is 2.59 bits per heavy atom.